The summed E-state index contributed by atoms with van der Waals surface area (Å²) in [4.78, 5) is 0. The minimum Gasteiger partial charge on any atom is -0.316 e. The Morgan fingerprint density at radius 1 is 1.50 bits per heavy atom. The van der Waals surface area contributed by atoms with Gasteiger partial charge in [0, 0.05) is 6.54 Å². The molecule has 0 rings (SSSR count). The van der Waals surface area contributed by atoms with Crippen LogP contribution in [0.5, 0.6) is 0 Å². The van der Waals surface area contributed by atoms with E-state index >= 15 is 0 Å². The summed E-state index contributed by atoms with van der Waals surface area (Å²) in [6.07, 6.45) is 8.01. The van der Waals surface area contributed by atoms with Crippen LogP contribution in [0.4, 0.5) is 0 Å². The fourth-order valence-corrected chi connectivity index (χ4v) is 1.87. The first-order valence-electron chi connectivity index (χ1n) is 5.52. The van der Waals surface area contributed by atoms with E-state index in [1.54, 1.807) is 0 Å². The molecule has 0 aliphatic heterocycles. The molecule has 0 saturated carbocycles. The highest BCUT2D eigenvalue weighted by Crippen LogP contribution is 2.24. The summed E-state index contributed by atoms with van der Waals surface area (Å²) < 4.78 is 0. The lowest BCUT2D eigenvalue weighted by molar-refractivity contribution is 0.362. The zero-order chi connectivity index (χ0) is 10.9. The molecule has 1 atom stereocenters. The zero-order valence-electron chi connectivity index (χ0n) is 9.94. The van der Waals surface area contributed by atoms with Crippen molar-refractivity contribution in [1.82, 2.24) is 5.32 Å². The summed E-state index contributed by atoms with van der Waals surface area (Å²) in [6.45, 7) is 10.6. The molecule has 0 heterocycles. The average Bonchev–Trinajstić information content (AvgIpc) is 2.19. The summed E-state index contributed by atoms with van der Waals surface area (Å²) in [5.74, 6) is 1.26. The molecule has 0 aliphatic carbocycles. The third-order valence-corrected chi connectivity index (χ3v) is 3.24. The Bertz CT molecular complexity index is 135. The molecule has 1 unspecified atom stereocenters. The van der Waals surface area contributed by atoms with Gasteiger partial charge >= 0.3 is 0 Å². The highest BCUT2D eigenvalue weighted by molar-refractivity contribution is 7.98. The molecule has 1 N–H and O–H groups in total. The van der Waals surface area contributed by atoms with E-state index in [2.05, 4.69) is 38.1 Å². The Hall–Kier alpha value is 0.0500. The van der Waals surface area contributed by atoms with Crippen LogP contribution in [0, 0.1) is 5.41 Å². The van der Waals surface area contributed by atoms with Gasteiger partial charge in [0.25, 0.3) is 0 Å². The Kier molecular flexibility index (Phi) is 8.40. The quantitative estimate of drug-likeness (QED) is 0.468. The van der Waals surface area contributed by atoms with Gasteiger partial charge in [0.1, 0.15) is 0 Å². The molecular weight excluding hydrogens is 190 g/mol. The SMILES string of the molecule is C=CC(C)(CCCSC)CNCCC. The molecule has 0 aliphatic rings. The first-order valence-corrected chi connectivity index (χ1v) is 6.91. The van der Waals surface area contributed by atoms with Crippen LogP contribution in [-0.2, 0) is 0 Å². The van der Waals surface area contributed by atoms with Gasteiger partial charge in [0.2, 0.25) is 0 Å². The largest absolute Gasteiger partial charge is 0.316 e. The normalized spacial score (nSPS) is 15.1. The fraction of sp³-hybridized carbons (Fsp3) is 0.833. The van der Waals surface area contributed by atoms with Gasteiger partial charge in [-0.3, -0.25) is 0 Å². The first-order chi connectivity index (χ1) is 6.68. The van der Waals surface area contributed by atoms with Crippen molar-refractivity contribution in [2.45, 2.75) is 33.1 Å². The van der Waals surface area contributed by atoms with Gasteiger partial charge in [-0.25, -0.2) is 0 Å². The van der Waals surface area contributed by atoms with Gasteiger partial charge in [-0.15, -0.1) is 6.58 Å². The van der Waals surface area contributed by atoms with Crippen molar-refractivity contribution in [2.75, 3.05) is 25.1 Å². The monoisotopic (exact) mass is 215 g/mol. The second-order valence-electron chi connectivity index (χ2n) is 4.13. The second-order valence-corrected chi connectivity index (χ2v) is 5.12. The molecule has 84 valence electrons. The third-order valence-electron chi connectivity index (χ3n) is 2.54. The van der Waals surface area contributed by atoms with Crippen LogP contribution in [0.1, 0.15) is 33.1 Å². The van der Waals surface area contributed by atoms with Crippen molar-refractivity contribution in [3.8, 4) is 0 Å². The van der Waals surface area contributed by atoms with Gasteiger partial charge in [-0.05, 0) is 43.2 Å². The van der Waals surface area contributed by atoms with Crippen molar-refractivity contribution < 1.29 is 0 Å². The molecule has 0 aromatic rings. The predicted molar refractivity (Wildman–Crippen MR) is 69.1 cm³/mol. The minimum atomic E-state index is 0.283. The van der Waals surface area contributed by atoms with Gasteiger partial charge in [0.05, 0.1) is 0 Å². The molecular formula is C12H25NS. The van der Waals surface area contributed by atoms with E-state index in [-0.39, 0.29) is 5.41 Å². The van der Waals surface area contributed by atoms with Gasteiger partial charge < -0.3 is 5.32 Å². The van der Waals surface area contributed by atoms with Crippen LogP contribution in [0.2, 0.25) is 0 Å². The van der Waals surface area contributed by atoms with Gasteiger partial charge in [-0.1, -0.05) is 19.9 Å². The summed E-state index contributed by atoms with van der Waals surface area (Å²) in [7, 11) is 0. The van der Waals surface area contributed by atoms with E-state index in [1.807, 2.05) is 11.8 Å². The minimum absolute atomic E-state index is 0.283. The maximum atomic E-state index is 3.94. The third kappa shape index (κ3) is 6.50. The molecule has 2 heteroatoms. The van der Waals surface area contributed by atoms with Crippen LogP contribution in [-0.4, -0.2) is 25.1 Å². The number of hydrogen-bond donors (Lipinski definition) is 1. The van der Waals surface area contributed by atoms with Crippen molar-refractivity contribution >= 4 is 11.8 Å². The Balaban J connectivity index is 3.73. The molecule has 14 heavy (non-hydrogen) atoms. The fourth-order valence-electron chi connectivity index (χ4n) is 1.43. The molecule has 1 nitrogen and oxygen atoms in total. The van der Waals surface area contributed by atoms with E-state index in [1.165, 1.54) is 25.0 Å². The zero-order valence-corrected chi connectivity index (χ0v) is 10.8. The molecule has 0 aromatic heterocycles. The van der Waals surface area contributed by atoms with Crippen LogP contribution < -0.4 is 5.32 Å². The van der Waals surface area contributed by atoms with E-state index in [9.17, 15) is 0 Å². The van der Waals surface area contributed by atoms with Gasteiger partial charge in [0.15, 0.2) is 0 Å². The summed E-state index contributed by atoms with van der Waals surface area (Å²) in [5, 5.41) is 3.48. The summed E-state index contributed by atoms with van der Waals surface area (Å²) >= 11 is 1.93. The van der Waals surface area contributed by atoms with Crippen LogP contribution in [0.15, 0.2) is 12.7 Å². The maximum Gasteiger partial charge on any atom is 0.00398 e. The second kappa shape index (κ2) is 8.37. The van der Waals surface area contributed by atoms with E-state index < -0.39 is 0 Å². The maximum absolute atomic E-state index is 3.94. The standard InChI is InChI=1S/C12H25NS/c1-5-9-13-11-12(3,6-2)8-7-10-14-4/h6,13H,2,5,7-11H2,1,3-4H3. The Morgan fingerprint density at radius 3 is 2.71 bits per heavy atom. The number of rotatable bonds is 9. The molecule has 0 aromatic carbocycles. The topological polar surface area (TPSA) is 12.0 Å². The molecule has 0 amide bonds. The number of thioether (sulfide) groups is 1. The molecule has 0 saturated heterocycles. The molecule has 0 fully saturated rings. The van der Waals surface area contributed by atoms with E-state index in [4.69, 9.17) is 0 Å². The highest BCUT2D eigenvalue weighted by atomic mass is 32.2. The first kappa shape index (κ1) is 14.1. The highest BCUT2D eigenvalue weighted by Gasteiger charge is 2.18. The molecule has 0 radical (unpaired) electrons. The van der Waals surface area contributed by atoms with Crippen molar-refractivity contribution in [2.24, 2.45) is 5.41 Å². The molecule has 0 bridgehead atoms. The summed E-state index contributed by atoms with van der Waals surface area (Å²) in [6, 6.07) is 0. The van der Waals surface area contributed by atoms with Crippen molar-refractivity contribution in [1.29, 1.82) is 0 Å². The number of nitrogens with one attached hydrogen (secondary N) is 1. The van der Waals surface area contributed by atoms with E-state index in [0.29, 0.717) is 0 Å². The van der Waals surface area contributed by atoms with Crippen LogP contribution in [0.25, 0.3) is 0 Å². The Morgan fingerprint density at radius 2 is 2.21 bits per heavy atom. The Labute approximate surface area is 93.7 Å². The lowest BCUT2D eigenvalue weighted by Gasteiger charge is -2.26. The smallest absolute Gasteiger partial charge is 0.00398 e. The van der Waals surface area contributed by atoms with Crippen molar-refractivity contribution in [3.05, 3.63) is 12.7 Å². The van der Waals surface area contributed by atoms with Gasteiger partial charge in [-0.2, -0.15) is 11.8 Å². The predicted octanol–water partition coefficient (Wildman–Crippen LogP) is 3.32. The lowest BCUT2D eigenvalue weighted by Crippen LogP contribution is -2.30. The van der Waals surface area contributed by atoms with Crippen molar-refractivity contribution in [3.63, 3.8) is 0 Å². The van der Waals surface area contributed by atoms with Crippen LogP contribution in [0.3, 0.4) is 0 Å². The average molecular weight is 215 g/mol. The lowest BCUT2D eigenvalue weighted by atomic mass is 9.86. The van der Waals surface area contributed by atoms with E-state index in [0.717, 1.165) is 13.1 Å². The molecule has 0 spiro atoms. The van der Waals surface area contributed by atoms with Crippen LogP contribution >= 0.6 is 11.8 Å². The number of hydrogen-bond acceptors (Lipinski definition) is 2. The summed E-state index contributed by atoms with van der Waals surface area (Å²) in [5.41, 5.74) is 0.283.